The molecule has 2 nitrogen and oxygen atoms in total. The molecule has 20 heavy (non-hydrogen) atoms. The van der Waals surface area contributed by atoms with Gasteiger partial charge in [-0.25, -0.2) is 0 Å². The summed E-state index contributed by atoms with van der Waals surface area (Å²) in [4.78, 5) is 2.53. The van der Waals surface area contributed by atoms with Crippen LogP contribution in [0.5, 0.6) is 0 Å². The van der Waals surface area contributed by atoms with Gasteiger partial charge < -0.3 is 10.6 Å². The fraction of sp³-hybridized carbons (Fsp3) is 0.333. The Kier molecular flexibility index (Phi) is 2.61. The van der Waals surface area contributed by atoms with Crippen LogP contribution < -0.4 is 10.6 Å². The number of fused-ring (bicyclic) bond motifs is 3. The summed E-state index contributed by atoms with van der Waals surface area (Å²) in [6.45, 7) is 3.13. The molecule has 2 aromatic rings. The summed E-state index contributed by atoms with van der Waals surface area (Å²) in [6, 6.07) is 16.0. The SMILES string of the molecule is Cc1cccc2c1-c1ccccc1C(N)CN2C1CC1. The number of nitrogens with zero attached hydrogens (tertiary/aromatic N) is 1. The Hall–Kier alpha value is -1.80. The molecule has 2 N–H and O–H groups in total. The monoisotopic (exact) mass is 264 g/mol. The Balaban J connectivity index is 2.00. The molecule has 1 fully saturated rings. The third-order valence-electron chi connectivity index (χ3n) is 4.57. The van der Waals surface area contributed by atoms with E-state index in [9.17, 15) is 0 Å². The molecular formula is C18H20N2. The number of hydrogen-bond acceptors (Lipinski definition) is 2. The van der Waals surface area contributed by atoms with E-state index in [0.717, 1.165) is 6.54 Å². The first-order valence-corrected chi connectivity index (χ1v) is 7.47. The number of anilines is 1. The molecule has 1 aliphatic carbocycles. The average Bonchev–Trinajstić information content (AvgIpc) is 3.28. The van der Waals surface area contributed by atoms with Crippen molar-refractivity contribution < 1.29 is 0 Å². The van der Waals surface area contributed by atoms with Gasteiger partial charge in [0.15, 0.2) is 0 Å². The normalized spacial score (nSPS) is 21.1. The van der Waals surface area contributed by atoms with E-state index in [1.807, 2.05) is 0 Å². The summed E-state index contributed by atoms with van der Waals surface area (Å²) >= 11 is 0. The first-order chi connectivity index (χ1) is 9.75. The number of benzene rings is 2. The lowest BCUT2D eigenvalue weighted by atomic mass is 9.93. The fourth-order valence-electron chi connectivity index (χ4n) is 3.43. The molecule has 0 bridgehead atoms. The van der Waals surface area contributed by atoms with Crippen LogP contribution in [-0.4, -0.2) is 12.6 Å². The van der Waals surface area contributed by atoms with Crippen molar-refractivity contribution in [3.05, 3.63) is 53.6 Å². The van der Waals surface area contributed by atoms with Gasteiger partial charge in [-0.1, -0.05) is 36.4 Å². The van der Waals surface area contributed by atoms with Gasteiger partial charge in [0.05, 0.1) is 0 Å². The summed E-state index contributed by atoms with van der Waals surface area (Å²) in [5, 5.41) is 0. The van der Waals surface area contributed by atoms with Crippen molar-refractivity contribution in [1.29, 1.82) is 0 Å². The standard InChI is InChI=1S/C18H20N2/c1-12-5-4-8-17-18(12)15-7-3-2-6-14(15)16(19)11-20(17)13-9-10-13/h2-8,13,16H,9-11,19H2,1H3. The Bertz CT molecular complexity index is 658. The quantitative estimate of drug-likeness (QED) is 0.852. The summed E-state index contributed by atoms with van der Waals surface area (Å²) < 4.78 is 0. The molecule has 2 aliphatic rings. The van der Waals surface area contributed by atoms with E-state index in [2.05, 4.69) is 54.3 Å². The van der Waals surface area contributed by atoms with Crippen LogP contribution in [-0.2, 0) is 0 Å². The van der Waals surface area contributed by atoms with E-state index in [0.29, 0.717) is 6.04 Å². The van der Waals surface area contributed by atoms with Crippen LogP contribution >= 0.6 is 0 Å². The van der Waals surface area contributed by atoms with Crippen molar-refractivity contribution in [1.82, 2.24) is 0 Å². The average molecular weight is 264 g/mol. The predicted molar refractivity (Wildman–Crippen MR) is 83.9 cm³/mol. The van der Waals surface area contributed by atoms with Crippen LogP contribution in [0.4, 0.5) is 5.69 Å². The molecule has 102 valence electrons. The number of aryl methyl sites for hydroxylation is 1. The molecule has 1 heterocycles. The summed E-state index contributed by atoms with van der Waals surface area (Å²) in [5.41, 5.74) is 13.2. The summed E-state index contributed by atoms with van der Waals surface area (Å²) in [5.74, 6) is 0. The maximum Gasteiger partial charge on any atom is 0.0479 e. The van der Waals surface area contributed by atoms with Gasteiger partial charge in [-0.3, -0.25) is 0 Å². The molecule has 0 saturated heterocycles. The zero-order chi connectivity index (χ0) is 13.7. The third kappa shape index (κ3) is 1.75. The topological polar surface area (TPSA) is 29.3 Å². The predicted octanol–water partition coefficient (Wildman–Crippen LogP) is 3.64. The lowest BCUT2D eigenvalue weighted by Gasteiger charge is -2.27. The van der Waals surface area contributed by atoms with Gasteiger partial charge in [-0.2, -0.15) is 0 Å². The third-order valence-corrected chi connectivity index (χ3v) is 4.57. The number of hydrogen-bond donors (Lipinski definition) is 1. The van der Waals surface area contributed by atoms with Gasteiger partial charge in [-0.05, 0) is 42.5 Å². The lowest BCUT2D eigenvalue weighted by molar-refractivity contribution is 0.669. The van der Waals surface area contributed by atoms with E-state index in [4.69, 9.17) is 5.73 Å². The molecule has 2 aromatic carbocycles. The molecule has 0 amide bonds. The van der Waals surface area contributed by atoms with Gasteiger partial charge in [0.2, 0.25) is 0 Å². The lowest BCUT2D eigenvalue weighted by Crippen LogP contribution is -2.33. The van der Waals surface area contributed by atoms with E-state index in [-0.39, 0.29) is 6.04 Å². The zero-order valence-electron chi connectivity index (χ0n) is 11.8. The van der Waals surface area contributed by atoms with Gasteiger partial charge in [0, 0.05) is 29.9 Å². The minimum absolute atomic E-state index is 0.0959. The Morgan fingerprint density at radius 1 is 1.05 bits per heavy atom. The number of nitrogens with two attached hydrogens (primary N) is 1. The molecular weight excluding hydrogens is 244 g/mol. The van der Waals surface area contributed by atoms with E-state index in [1.54, 1.807) is 0 Å². The smallest absolute Gasteiger partial charge is 0.0479 e. The Morgan fingerprint density at radius 3 is 2.65 bits per heavy atom. The van der Waals surface area contributed by atoms with Crippen LogP contribution in [0.25, 0.3) is 11.1 Å². The first kappa shape index (κ1) is 12.0. The van der Waals surface area contributed by atoms with Crippen LogP contribution in [0.15, 0.2) is 42.5 Å². The zero-order valence-corrected chi connectivity index (χ0v) is 11.8. The maximum absolute atomic E-state index is 6.49. The van der Waals surface area contributed by atoms with Crippen molar-refractivity contribution in [3.63, 3.8) is 0 Å². The van der Waals surface area contributed by atoms with Crippen LogP contribution in [0.2, 0.25) is 0 Å². The Labute approximate surface area is 120 Å². The van der Waals surface area contributed by atoms with E-state index >= 15 is 0 Å². The van der Waals surface area contributed by atoms with Gasteiger partial charge in [0.1, 0.15) is 0 Å². The van der Waals surface area contributed by atoms with Gasteiger partial charge >= 0.3 is 0 Å². The minimum atomic E-state index is 0.0959. The highest BCUT2D eigenvalue weighted by atomic mass is 15.2. The second kappa shape index (κ2) is 4.35. The van der Waals surface area contributed by atoms with Crippen LogP contribution in [0, 0.1) is 6.92 Å². The number of rotatable bonds is 1. The highest BCUT2D eigenvalue weighted by molar-refractivity contribution is 5.85. The van der Waals surface area contributed by atoms with Crippen LogP contribution in [0.3, 0.4) is 0 Å². The molecule has 0 aromatic heterocycles. The summed E-state index contributed by atoms with van der Waals surface area (Å²) in [6.07, 6.45) is 2.60. The van der Waals surface area contributed by atoms with Crippen molar-refractivity contribution >= 4 is 5.69 Å². The molecule has 1 saturated carbocycles. The molecule has 0 spiro atoms. The van der Waals surface area contributed by atoms with E-state index in [1.165, 1.54) is 40.8 Å². The van der Waals surface area contributed by atoms with Crippen molar-refractivity contribution in [3.8, 4) is 11.1 Å². The minimum Gasteiger partial charge on any atom is -0.366 e. The largest absolute Gasteiger partial charge is 0.366 e. The van der Waals surface area contributed by atoms with Gasteiger partial charge in [0.25, 0.3) is 0 Å². The van der Waals surface area contributed by atoms with E-state index < -0.39 is 0 Å². The maximum atomic E-state index is 6.49. The Morgan fingerprint density at radius 2 is 1.85 bits per heavy atom. The second-order valence-electron chi connectivity index (χ2n) is 6.05. The highest BCUT2D eigenvalue weighted by Crippen LogP contribution is 2.44. The molecule has 1 unspecified atom stereocenters. The molecule has 0 radical (unpaired) electrons. The van der Waals surface area contributed by atoms with Crippen LogP contribution in [0.1, 0.15) is 30.0 Å². The second-order valence-corrected chi connectivity index (χ2v) is 6.05. The molecule has 1 aliphatic heterocycles. The molecule has 1 atom stereocenters. The molecule has 4 rings (SSSR count). The van der Waals surface area contributed by atoms with Gasteiger partial charge in [-0.15, -0.1) is 0 Å². The summed E-state index contributed by atoms with van der Waals surface area (Å²) in [7, 11) is 0. The van der Waals surface area contributed by atoms with Crippen molar-refractivity contribution in [2.24, 2.45) is 5.73 Å². The highest BCUT2D eigenvalue weighted by Gasteiger charge is 2.34. The molecule has 2 heteroatoms. The van der Waals surface area contributed by atoms with Crippen molar-refractivity contribution in [2.45, 2.75) is 31.8 Å². The van der Waals surface area contributed by atoms with Crippen molar-refractivity contribution in [2.75, 3.05) is 11.4 Å². The first-order valence-electron chi connectivity index (χ1n) is 7.47. The fourth-order valence-corrected chi connectivity index (χ4v) is 3.43.